The number of alkyl halides is 1. The molecule has 54 heavy (non-hydrogen) atoms. The van der Waals surface area contributed by atoms with Crippen molar-refractivity contribution in [1.82, 2.24) is 34.9 Å². The molecule has 280 valence electrons. The number of fused-ring (bicyclic) bond motifs is 3. The summed E-state index contributed by atoms with van der Waals surface area (Å²) in [4.78, 5) is 37.6. The summed E-state index contributed by atoms with van der Waals surface area (Å²) in [7, 11) is 1.86. The summed E-state index contributed by atoms with van der Waals surface area (Å²) in [6.45, 7) is 5.31. The zero-order chi connectivity index (χ0) is 37.2. The number of likely N-dealkylation sites (tertiary alicyclic amines) is 1. The number of carbonyl (C=O) groups excluding carboxylic acids is 1. The number of pyridine rings is 1. The van der Waals surface area contributed by atoms with Crippen LogP contribution in [0, 0.1) is 5.82 Å². The van der Waals surface area contributed by atoms with Gasteiger partial charge in [0.25, 0.3) is 5.89 Å². The standard InChI is InChI=1S/C39H39ClF2N8O4/c1-38(20-52-21-38)36-44-29(54-47-36)10-11-30(51)49-15-12-25(19-49)48(2)35-27-17-43-33(26-8-3-6-23-7-4-9-28(40)31(23)26)32(42)34(27)45-37(46-35)53-22-39-13-5-14-50(39)18-24(41)16-39/h3-4,6-11,17,24-25H,5,12-16,18-22H2,1-2H3/b11-10+/t24-,25-,39?/m1/s1. The van der Waals surface area contributed by atoms with Crippen LogP contribution >= 0.6 is 11.6 Å². The first-order valence-electron chi connectivity index (χ1n) is 18.3. The molecular weight excluding hydrogens is 718 g/mol. The van der Waals surface area contributed by atoms with Crippen LogP contribution in [0.1, 0.15) is 44.3 Å². The molecule has 5 aromatic rings. The van der Waals surface area contributed by atoms with Crippen LogP contribution in [-0.2, 0) is 14.9 Å². The zero-order valence-electron chi connectivity index (χ0n) is 30.0. The molecule has 1 amide bonds. The van der Waals surface area contributed by atoms with Crippen LogP contribution in [-0.4, -0.2) is 112 Å². The summed E-state index contributed by atoms with van der Waals surface area (Å²) in [6, 6.07) is 10.9. The van der Waals surface area contributed by atoms with Gasteiger partial charge in [-0.05, 0) is 44.2 Å². The van der Waals surface area contributed by atoms with Crippen molar-refractivity contribution < 1.29 is 27.6 Å². The van der Waals surface area contributed by atoms with Crippen molar-refractivity contribution in [3.63, 3.8) is 0 Å². The van der Waals surface area contributed by atoms with E-state index in [-0.39, 0.29) is 47.1 Å². The predicted octanol–water partition coefficient (Wildman–Crippen LogP) is 6.01. The van der Waals surface area contributed by atoms with Gasteiger partial charge in [-0.2, -0.15) is 15.0 Å². The monoisotopic (exact) mass is 756 g/mol. The highest BCUT2D eigenvalue weighted by atomic mass is 35.5. The summed E-state index contributed by atoms with van der Waals surface area (Å²) in [6.07, 6.45) is 6.38. The number of nitrogens with zero attached hydrogens (tertiary/aromatic N) is 8. The van der Waals surface area contributed by atoms with E-state index in [1.807, 2.05) is 43.1 Å². The minimum atomic E-state index is -0.926. The first-order chi connectivity index (χ1) is 26.1. The average molecular weight is 757 g/mol. The Balaban J connectivity index is 1.02. The molecule has 3 atom stereocenters. The lowest BCUT2D eigenvalue weighted by atomic mass is 9.88. The Morgan fingerprint density at radius 2 is 1.98 bits per heavy atom. The molecule has 4 aliphatic heterocycles. The van der Waals surface area contributed by atoms with Gasteiger partial charge in [-0.1, -0.05) is 47.1 Å². The van der Waals surface area contributed by atoms with E-state index >= 15 is 4.39 Å². The largest absolute Gasteiger partial charge is 0.461 e. The molecule has 2 aromatic carbocycles. The molecule has 15 heteroatoms. The normalized spacial score (nSPS) is 23.8. The van der Waals surface area contributed by atoms with Crippen LogP contribution in [0.5, 0.6) is 6.01 Å². The number of hydrogen-bond donors (Lipinski definition) is 0. The molecular formula is C39H39ClF2N8O4. The third-order valence-corrected chi connectivity index (χ3v) is 11.8. The van der Waals surface area contributed by atoms with Crippen LogP contribution in [0.15, 0.2) is 53.2 Å². The fourth-order valence-electron chi connectivity index (χ4n) is 8.45. The number of rotatable bonds is 9. The van der Waals surface area contributed by atoms with Crippen molar-refractivity contribution in [2.24, 2.45) is 0 Å². The number of aromatic nitrogens is 5. The van der Waals surface area contributed by atoms with E-state index in [2.05, 4.69) is 25.0 Å². The number of likely N-dealkylation sites (N-methyl/N-ethyl adjacent to an activating group) is 1. The molecule has 0 N–H and O–H groups in total. The van der Waals surface area contributed by atoms with Crippen molar-refractivity contribution >= 4 is 51.1 Å². The third-order valence-electron chi connectivity index (χ3n) is 11.5. The van der Waals surface area contributed by atoms with Gasteiger partial charge in [0.2, 0.25) is 5.91 Å². The summed E-state index contributed by atoms with van der Waals surface area (Å²) in [5.74, 6) is 0.386. The van der Waals surface area contributed by atoms with Gasteiger partial charge in [-0.25, -0.2) is 8.78 Å². The minimum Gasteiger partial charge on any atom is -0.461 e. The third kappa shape index (κ3) is 6.04. The van der Waals surface area contributed by atoms with Gasteiger partial charge >= 0.3 is 6.01 Å². The maximum Gasteiger partial charge on any atom is 0.319 e. The first-order valence-corrected chi connectivity index (χ1v) is 18.7. The van der Waals surface area contributed by atoms with Crippen molar-refractivity contribution in [2.75, 3.05) is 57.9 Å². The van der Waals surface area contributed by atoms with Crippen molar-refractivity contribution in [3.8, 4) is 17.3 Å². The number of hydrogen-bond acceptors (Lipinski definition) is 11. The summed E-state index contributed by atoms with van der Waals surface area (Å²) in [5.41, 5.74) is -0.0469. The highest BCUT2D eigenvalue weighted by Gasteiger charge is 2.49. The summed E-state index contributed by atoms with van der Waals surface area (Å²) >= 11 is 6.63. The molecule has 0 saturated carbocycles. The van der Waals surface area contributed by atoms with Gasteiger partial charge in [0, 0.05) is 73.5 Å². The van der Waals surface area contributed by atoms with Gasteiger partial charge < -0.3 is 23.8 Å². The molecule has 4 fully saturated rings. The Labute approximate surface area is 315 Å². The second kappa shape index (κ2) is 13.5. The van der Waals surface area contributed by atoms with Crippen LogP contribution in [0.3, 0.4) is 0 Å². The van der Waals surface area contributed by atoms with Crippen LogP contribution < -0.4 is 9.64 Å². The maximum atomic E-state index is 16.9. The van der Waals surface area contributed by atoms with E-state index in [0.29, 0.717) is 78.7 Å². The summed E-state index contributed by atoms with van der Waals surface area (Å²) < 4.78 is 48.4. The van der Waals surface area contributed by atoms with E-state index in [9.17, 15) is 9.18 Å². The lowest BCUT2D eigenvalue weighted by Crippen LogP contribution is -2.44. The zero-order valence-corrected chi connectivity index (χ0v) is 30.7. The molecule has 7 heterocycles. The average Bonchev–Trinajstić information content (AvgIpc) is 3.97. The highest BCUT2D eigenvalue weighted by Crippen LogP contribution is 2.41. The van der Waals surface area contributed by atoms with E-state index in [4.69, 9.17) is 30.6 Å². The second-order valence-corrected chi connectivity index (χ2v) is 15.6. The topological polar surface area (TPSA) is 123 Å². The molecule has 3 aromatic heterocycles. The molecule has 0 spiro atoms. The van der Waals surface area contributed by atoms with Gasteiger partial charge in [-0.15, -0.1) is 0 Å². The number of ether oxygens (including phenoxy) is 2. The molecule has 0 radical (unpaired) electrons. The number of benzene rings is 2. The van der Waals surface area contributed by atoms with E-state index in [1.54, 1.807) is 23.2 Å². The molecule has 1 unspecified atom stereocenters. The fraction of sp³-hybridized carbons (Fsp3) is 0.436. The van der Waals surface area contributed by atoms with E-state index in [1.165, 1.54) is 12.2 Å². The second-order valence-electron chi connectivity index (χ2n) is 15.2. The van der Waals surface area contributed by atoms with Crippen LogP contribution in [0.25, 0.3) is 39.0 Å². The number of carbonyl (C=O) groups is 1. The SMILES string of the molecule is CN(c1nc(OCC23CCCN2C[C@H](F)C3)nc2c(F)c(-c3cccc4cccc(Cl)c34)ncc12)[C@@H]1CCN(C(=O)/C=C/c2nc(C3(C)COC3)no2)C1. The lowest BCUT2D eigenvalue weighted by Gasteiger charge is -2.34. The number of anilines is 1. The Bertz CT molecular complexity index is 2300. The molecule has 12 nitrogen and oxygen atoms in total. The van der Waals surface area contributed by atoms with Gasteiger partial charge in [0.05, 0.1) is 29.6 Å². The molecule has 9 rings (SSSR count). The Hall–Kier alpha value is -4.79. The summed E-state index contributed by atoms with van der Waals surface area (Å²) in [5, 5.41) is 6.47. The highest BCUT2D eigenvalue weighted by molar-refractivity contribution is 6.36. The predicted molar refractivity (Wildman–Crippen MR) is 199 cm³/mol. The number of halogens is 3. The fourth-order valence-corrected chi connectivity index (χ4v) is 8.73. The van der Waals surface area contributed by atoms with E-state index in [0.717, 1.165) is 24.8 Å². The quantitative estimate of drug-likeness (QED) is 0.164. The van der Waals surface area contributed by atoms with Gasteiger partial charge in [0.1, 0.15) is 29.8 Å². The molecule has 0 bridgehead atoms. The smallest absolute Gasteiger partial charge is 0.319 e. The molecule has 4 aliphatic rings. The first kappa shape index (κ1) is 34.9. The van der Waals surface area contributed by atoms with Crippen molar-refractivity contribution in [1.29, 1.82) is 0 Å². The molecule has 0 aliphatic carbocycles. The van der Waals surface area contributed by atoms with Crippen molar-refractivity contribution in [3.05, 3.63) is 71.2 Å². The maximum absolute atomic E-state index is 16.9. The Kier molecular flexibility index (Phi) is 8.74. The van der Waals surface area contributed by atoms with Gasteiger partial charge in [-0.3, -0.25) is 14.7 Å². The van der Waals surface area contributed by atoms with Crippen LogP contribution in [0.2, 0.25) is 5.02 Å². The number of amides is 1. The van der Waals surface area contributed by atoms with Gasteiger partial charge in [0.15, 0.2) is 11.6 Å². The minimum absolute atomic E-state index is 0.00463. The van der Waals surface area contributed by atoms with E-state index < -0.39 is 17.5 Å². The molecule has 4 saturated heterocycles. The lowest BCUT2D eigenvalue weighted by molar-refractivity contribution is -0.124. The van der Waals surface area contributed by atoms with Crippen LogP contribution in [0.4, 0.5) is 14.6 Å². The Morgan fingerprint density at radius 3 is 2.80 bits per heavy atom. The van der Waals surface area contributed by atoms with Crippen molar-refractivity contribution in [2.45, 2.75) is 55.8 Å². The Morgan fingerprint density at radius 1 is 1.15 bits per heavy atom.